The summed E-state index contributed by atoms with van der Waals surface area (Å²) < 4.78 is 26.7. The van der Waals surface area contributed by atoms with Crippen molar-refractivity contribution in [1.29, 1.82) is 0 Å². The number of benzene rings is 2. The molecule has 34 heavy (non-hydrogen) atoms. The maximum atomic E-state index is 13.4. The molecule has 2 heterocycles. The fourth-order valence-corrected chi connectivity index (χ4v) is 4.74. The Kier molecular flexibility index (Phi) is 6.42. The Balaban J connectivity index is 1.69. The summed E-state index contributed by atoms with van der Waals surface area (Å²) in [6.45, 7) is 9.30. The Morgan fingerprint density at radius 2 is 1.29 bits per heavy atom. The van der Waals surface area contributed by atoms with Gasteiger partial charge in [-0.05, 0) is 80.8 Å². The van der Waals surface area contributed by atoms with Gasteiger partial charge in [-0.2, -0.15) is 5.06 Å². The molecule has 6 heteroatoms. The van der Waals surface area contributed by atoms with Crippen molar-refractivity contribution in [2.45, 2.75) is 38.8 Å². The van der Waals surface area contributed by atoms with Crippen LogP contribution in [-0.4, -0.2) is 51.7 Å². The van der Waals surface area contributed by atoms with Gasteiger partial charge in [-0.15, -0.1) is 0 Å². The van der Waals surface area contributed by atoms with Crippen molar-refractivity contribution >= 4 is 17.9 Å². The second-order valence-corrected chi connectivity index (χ2v) is 10.1. The first-order valence-corrected chi connectivity index (χ1v) is 11.4. The van der Waals surface area contributed by atoms with Crippen molar-refractivity contribution in [2.24, 2.45) is 0 Å². The maximum absolute atomic E-state index is 13.4. The standard InChI is InChI=1S/C28H30F2N2O2/c1-27(2)15-23(28(3,4)32(27)34)18-31-16-21(13-19-5-9-24(29)10-6-19)26(33)22(17-31)14-20-7-11-25(30)12-8-20/h5-15,34H,16-18H2,1-4H3. The molecule has 4 nitrogen and oxygen atoms in total. The largest absolute Gasteiger partial charge is 0.312 e. The fourth-order valence-electron chi connectivity index (χ4n) is 4.74. The highest BCUT2D eigenvalue weighted by molar-refractivity contribution is 6.14. The van der Waals surface area contributed by atoms with Crippen LogP contribution in [0.15, 0.2) is 71.3 Å². The summed E-state index contributed by atoms with van der Waals surface area (Å²) in [6, 6.07) is 12.1. The van der Waals surface area contributed by atoms with Gasteiger partial charge in [0.05, 0.1) is 11.1 Å². The van der Waals surface area contributed by atoms with Gasteiger partial charge in [-0.25, -0.2) is 8.78 Å². The van der Waals surface area contributed by atoms with Crippen molar-refractivity contribution in [2.75, 3.05) is 19.6 Å². The van der Waals surface area contributed by atoms with Crippen LogP contribution in [0, 0.1) is 11.6 Å². The number of hydroxylamine groups is 2. The molecule has 0 spiro atoms. The second-order valence-electron chi connectivity index (χ2n) is 10.1. The van der Waals surface area contributed by atoms with Crippen LogP contribution in [0.4, 0.5) is 8.78 Å². The number of ketones is 1. The monoisotopic (exact) mass is 464 g/mol. The van der Waals surface area contributed by atoms with E-state index in [1.54, 1.807) is 36.4 Å². The Morgan fingerprint density at radius 1 is 0.853 bits per heavy atom. The number of rotatable bonds is 4. The minimum atomic E-state index is -0.549. The van der Waals surface area contributed by atoms with E-state index in [0.29, 0.717) is 30.8 Å². The summed E-state index contributed by atoms with van der Waals surface area (Å²) in [5.74, 6) is -0.738. The van der Waals surface area contributed by atoms with E-state index in [1.807, 2.05) is 27.7 Å². The molecule has 0 amide bonds. The molecular formula is C28H30F2N2O2. The molecule has 1 fully saturated rings. The summed E-state index contributed by atoms with van der Waals surface area (Å²) in [7, 11) is 0. The highest BCUT2D eigenvalue weighted by atomic mass is 19.1. The van der Waals surface area contributed by atoms with E-state index in [-0.39, 0.29) is 17.4 Å². The van der Waals surface area contributed by atoms with Gasteiger partial charge >= 0.3 is 0 Å². The maximum Gasteiger partial charge on any atom is 0.187 e. The predicted octanol–water partition coefficient (Wildman–Crippen LogP) is 5.50. The van der Waals surface area contributed by atoms with Gasteiger partial charge in [0, 0.05) is 30.8 Å². The summed E-state index contributed by atoms with van der Waals surface area (Å²) in [5.41, 5.74) is 2.71. The lowest BCUT2D eigenvalue weighted by Crippen LogP contribution is -2.49. The van der Waals surface area contributed by atoms with Crippen molar-refractivity contribution in [3.8, 4) is 0 Å². The topological polar surface area (TPSA) is 43.8 Å². The first kappa shape index (κ1) is 24.2. The lowest BCUT2D eigenvalue weighted by Gasteiger charge is -2.38. The molecule has 178 valence electrons. The number of Topliss-reactive ketones (excluding diaryl/α,β-unsaturated/α-hetero) is 1. The van der Waals surface area contributed by atoms with Crippen molar-refractivity contribution in [1.82, 2.24) is 9.96 Å². The molecule has 2 aromatic rings. The molecule has 2 aliphatic heterocycles. The third-order valence-electron chi connectivity index (χ3n) is 6.58. The first-order valence-electron chi connectivity index (χ1n) is 11.4. The highest BCUT2D eigenvalue weighted by Crippen LogP contribution is 2.39. The predicted molar refractivity (Wildman–Crippen MR) is 130 cm³/mol. The molecule has 0 aliphatic carbocycles. The summed E-state index contributed by atoms with van der Waals surface area (Å²) >= 11 is 0. The number of likely N-dealkylation sites (tertiary alicyclic amines) is 1. The van der Waals surface area contributed by atoms with Gasteiger partial charge in [0.15, 0.2) is 5.78 Å². The van der Waals surface area contributed by atoms with E-state index >= 15 is 0 Å². The average molecular weight is 465 g/mol. The van der Waals surface area contributed by atoms with Crippen molar-refractivity contribution in [3.05, 3.63) is 94.1 Å². The minimum absolute atomic E-state index is 0.0753. The lowest BCUT2D eigenvalue weighted by molar-refractivity contribution is -0.185. The normalized spacial score (nSPS) is 23.0. The van der Waals surface area contributed by atoms with Crippen molar-refractivity contribution < 1.29 is 18.8 Å². The molecule has 0 atom stereocenters. The molecule has 1 saturated heterocycles. The molecule has 0 unspecified atom stereocenters. The molecule has 1 N–H and O–H groups in total. The van der Waals surface area contributed by atoms with Crippen molar-refractivity contribution in [3.63, 3.8) is 0 Å². The summed E-state index contributed by atoms with van der Waals surface area (Å²) in [6.07, 6.45) is 5.67. The van der Waals surface area contributed by atoms with E-state index in [9.17, 15) is 18.8 Å². The van der Waals surface area contributed by atoms with Crippen LogP contribution in [0.5, 0.6) is 0 Å². The number of nitrogens with zero attached hydrogens (tertiary/aromatic N) is 2. The zero-order valence-corrected chi connectivity index (χ0v) is 20.0. The van der Waals surface area contributed by atoms with Crippen LogP contribution in [0.1, 0.15) is 38.8 Å². The van der Waals surface area contributed by atoms with Gasteiger partial charge in [-0.1, -0.05) is 30.3 Å². The number of halogens is 2. The number of carbonyl (C=O) groups excluding carboxylic acids is 1. The third-order valence-corrected chi connectivity index (χ3v) is 6.58. The van der Waals surface area contributed by atoms with Gasteiger partial charge in [0.2, 0.25) is 0 Å². The molecule has 2 aromatic carbocycles. The first-order chi connectivity index (χ1) is 16.0. The number of piperidine rings is 1. The Hall–Kier alpha value is -2.93. The van der Waals surface area contributed by atoms with E-state index in [4.69, 9.17) is 0 Å². The van der Waals surface area contributed by atoms with Crippen LogP contribution >= 0.6 is 0 Å². The average Bonchev–Trinajstić information content (AvgIpc) is 2.93. The Bertz CT molecular complexity index is 1110. The SMILES string of the molecule is CC1(C)C=C(CN2CC(=Cc3ccc(F)cc3)C(=O)C(=Cc3ccc(F)cc3)C2)C(C)(C)N1O. The van der Waals surface area contributed by atoms with Crippen LogP contribution < -0.4 is 0 Å². The van der Waals surface area contributed by atoms with Crippen LogP contribution in [0.2, 0.25) is 0 Å². The number of hydrogen-bond acceptors (Lipinski definition) is 4. The lowest BCUT2D eigenvalue weighted by atomic mass is 9.91. The summed E-state index contributed by atoms with van der Waals surface area (Å²) in [4.78, 5) is 15.5. The molecule has 0 aromatic heterocycles. The minimum Gasteiger partial charge on any atom is -0.312 e. The molecule has 0 bridgehead atoms. The van der Waals surface area contributed by atoms with Crippen LogP contribution in [0.25, 0.3) is 12.2 Å². The quantitative estimate of drug-likeness (QED) is 0.479. The third kappa shape index (κ3) is 4.94. The van der Waals surface area contributed by atoms with E-state index in [1.165, 1.54) is 29.3 Å². The molecule has 4 rings (SSSR count). The molecule has 0 radical (unpaired) electrons. The fraction of sp³-hybridized carbons (Fsp3) is 0.321. The smallest absolute Gasteiger partial charge is 0.187 e. The van der Waals surface area contributed by atoms with E-state index < -0.39 is 11.1 Å². The van der Waals surface area contributed by atoms with E-state index in [2.05, 4.69) is 11.0 Å². The number of carbonyl (C=O) groups is 1. The zero-order chi connectivity index (χ0) is 24.7. The number of hydrogen-bond donors (Lipinski definition) is 1. The zero-order valence-electron chi connectivity index (χ0n) is 20.0. The molecular weight excluding hydrogens is 434 g/mol. The van der Waals surface area contributed by atoms with Crippen LogP contribution in [0.3, 0.4) is 0 Å². The Labute approximate surface area is 199 Å². The Morgan fingerprint density at radius 3 is 1.68 bits per heavy atom. The molecule has 0 saturated carbocycles. The van der Waals surface area contributed by atoms with Crippen LogP contribution in [-0.2, 0) is 4.79 Å². The van der Waals surface area contributed by atoms with Gasteiger partial charge in [0.25, 0.3) is 0 Å². The highest BCUT2D eigenvalue weighted by Gasteiger charge is 2.45. The summed E-state index contributed by atoms with van der Waals surface area (Å²) in [5, 5.41) is 12.1. The van der Waals surface area contributed by atoms with E-state index in [0.717, 1.165) is 16.7 Å². The van der Waals surface area contributed by atoms with Gasteiger partial charge in [0.1, 0.15) is 11.6 Å². The van der Waals surface area contributed by atoms with Gasteiger partial charge < -0.3 is 5.21 Å². The van der Waals surface area contributed by atoms with Gasteiger partial charge in [-0.3, -0.25) is 9.69 Å². The second kappa shape index (κ2) is 9.02. The molecule has 2 aliphatic rings.